The molecule has 1 N–H and O–H groups in total. The molecule has 1 saturated heterocycles. The van der Waals surface area contributed by atoms with Gasteiger partial charge in [0, 0.05) is 31.3 Å². The number of carbonyl (C=O) groups is 2. The van der Waals surface area contributed by atoms with Gasteiger partial charge >= 0.3 is 0 Å². The van der Waals surface area contributed by atoms with Crippen LogP contribution in [0.1, 0.15) is 19.3 Å². The minimum atomic E-state index is 0.0341. The summed E-state index contributed by atoms with van der Waals surface area (Å²) in [5, 5.41) is 3.11. The molecule has 1 spiro atoms. The largest absolute Gasteiger partial charge is 0.315 e. The van der Waals surface area contributed by atoms with Gasteiger partial charge in [0.15, 0.2) is 0 Å². The Morgan fingerprint density at radius 1 is 1.09 bits per heavy atom. The van der Waals surface area contributed by atoms with Crippen LogP contribution in [0.3, 0.4) is 0 Å². The normalized spacial score (nSPS) is 28.7. The second kappa shape index (κ2) is 2.14. The average Bonchev–Trinajstić information content (AvgIpc) is 1.82. The first kappa shape index (κ1) is 6.98. The summed E-state index contributed by atoms with van der Waals surface area (Å²) in [6, 6.07) is 0. The van der Waals surface area contributed by atoms with Crippen molar-refractivity contribution in [2.24, 2.45) is 5.41 Å². The SMILES string of the molecule is O=C1CC(=O)CC2(CNC2)C1. The molecule has 3 heteroatoms. The highest BCUT2D eigenvalue weighted by Crippen LogP contribution is 2.35. The zero-order valence-electron chi connectivity index (χ0n) is 6.35. The molecule has 3 nitrogen and oxygen atoms in total. The summed E-state index contributed by atoms with van der Waals surface area (Å²) in [6.07, 6.45) is 1.42. The van der Waals surface area contributed by atoms with Crippen LogP contribution in [0.5, 0.6) is 0 Å². The number of rotatable bonds is 0. The standard InChI is InChI=1S/C8H11NO2/c10-6-1-7(11)3-8(2-6)4-9-5-8/h9H,1-5H2. The van der Waals surface area contributed by atoms with Gasteiger partial charge in [0.2, 0.25) is 0 Å². The number of carbonyl (C=O) groups excluding carboxylic acids is 2. The molecule has 1 aliphatic heterocycles. The molecule has 0 aromatic heterocycles. The van der Waals surface area contributed by atoms with Gasteiger partial charge in [0.1, 0.15) is 11.6 Å². The lowest BCUT2D eigenvalue weighted by Crippen LogP contribution is -2.57. The second-order valence-corrected chi connectivity index (χ2v) is 3.71. The maximum absolute atomic E-state index is 11.0. The van der Waals surface area contributed by atoms with Crippen LogP contribution in [0.15, 0.2) is 0 Å². The Hall–Kier alpha value is -0.700. The molecule has 1 heterocycles. The van der Waals surface area contributed by atoms with Crippen LogP contribution in [0, 0.1) is 5.41 Å². The van der Waals surface area contributed by atoms with Crippen molar-refractivity contribution in [2.45, 2.75) is 19.3 Å². The minimum Gasteiger partial charge on any atom is -0.315 e. The van der Waals surface area contributed by atoms with Gasteiger partial charge in [-0.3, -0.25) is 9.59 Å². The molecule has 60 valence electrons. The molecule has 0 bridgehead atoms. The Morgan fingerprint density at radius 2 is 1.64 bits per heavy atom. The molecule has 1 saturated carbocycles. The third kappa shape index (κ3) is 1.09. The summed E-state index contributed by atoms with van der Waals surface area (Å²) >= 11 is 0. The highest BCUT2D eigenvalue weighted by atomic mass is 16.1. The fourth-order valence-electron chi connectivity index (χ4n) is 1.97. The first-order valence-electron chi connectivity index (χ1n) is 3.94. The van der Waals surface area contributed by atoms with E-state index in [1.165, 1.54) is 0 Å². The Bertz CT molecular complexity index is 200. The van der Waals surface area contributed by atoms with E-state index < -0.39 is 0 Å². The van der Waals surface area contributed by atoms with Gasteiger partial charge in [-0.2, -0.15) is 0 Å². The fraction of sp³-hybridized carbons (Fsp3) is 0.750. The molecule has 0 radical (unpaired) electrons. The molecule has 2 rings (SSSR count). The van der Waals surface area contributed by atoms with Crippen LogP contribution in [0.25, 0.3) is 0 Å². The van der Waals surface area contributed by atoms with Gasteiger partial charge in [-0.15, -0.1) is 0 Å². The molecule has 0 aromatic rings. The lowest BCUT2D eigenvalue weighted by Gasteiger charge is -2.43. The van der Waals surface area contributed by atoms with E-state index in [-0.39, 0.29) is 23.4 Å². The molecule has 0 aromatic carbocycles. The highest BCUT2D eigenvalue weighted by Gasteiger charge is 2.43. The Kier molecular flexibility index (Phi) is 1.36. The Balaban J connectivity index is 2.12. The van der Waals surface area contributed by atoms with Crippen LogP contribution < -0.4 is 5.32 Å². The van der Waals surface area contributed by atoms with Crippen LogP contribution in [-0.2, 0) is 9.59 Å². The fourth-order valence-corrected chi connectivity index (χ4v) is 1.97. The van der Waals surface area contributed by atoms with Gasteiger partial charge in [0.05, 0.1) is 6.42 Å². The van der Waals surface area contributed by atoms with Crippen LogP contribution in [-0.4, -0.2) is 24.7 Å². The van der Waals surface area contributed by atoms with E-state index in [9.17, 15) is 9.59 Å². The van der Waals surface area contributed by atoms with E-state index in [0.717, 1.165) is 13.1 Å². The number of hydrogen-bond acceptors (Lipinski definition) is 3. The lowest BCUT2D eigenvalue weighted by molar-refractivity contribution is -0.135. The summed E-state index contributed by atoms with van der Waals surface area (Å²) in [5.41, 5.74) is 0.0341. The predicted molar refractivity (Wildman–Crippen MR) is 39.2 cm³/mol. The quantitative estimate of drug-likeness (QED) is 0.494. The number of hydrogen-bond donors (Lipinski definition) is 1. The van der Waals surface area contributed by atoms with Crippen LogP contribution >= 0.6 is 0 Å². The van der Waals surface area contributed by atoms with E-state index in [4.69, 9.17) is 0 Å². The maximum Gasteiger partial charge on any atom is 0.140 e. The smallest absolute Gasteiger partial charge is 0.140 e. The summed E-state index contributed by atoms with van der Waals surface area (Å²) in [4.78, 5) is 22.1. The van der Waals surface area contributed by atoms with Crippen molar-refractivity contribution in [3.63, 3.8) is 0 Å². The second-order valence-electron chi connectivity index (χ2n) is 3.71. The molecule has 1 aliphatic carbocycles. The Labute approximate surface area is 65.2 Å². The highest BCUT2D eigenvalue weighted by molar-refractivity contribution is 6.02. The average molecular weight is 153 g/mol. The zero-order chi connectivity index (χ0) is 7.90. The van der Waals surface area contributed by atoms with Crippen LogP contribution in [0.4, 0.5) is 0 Å². The van der Waals surface area contributed by atoms with E-state index in [2.05, 4.69) is 5.32 Å². The van der Waals surface area contributed by atoms with Crippen molar-refractivity contribution >= 4 is 11.6 Å². The number of nitrogens with one attached hydrogen (secondary N) is 1. The molecular weight excluding hydrogens is 142 g/mol. The van der Waals surface area contributed by atoms with Crippen molar-refractivity contribution in [2.75, 3.05) is 13.1 Å². The third-order valence-corrected chi connectivity index (χ3v) is 2.54. The third-order valence-electron chi connectivity index (χ3n) is 2.54. The Morgan fingerprint density at radius 3 is 2.00 bits per heavy atom. The maximum atomic E-state index is 11.0. The lowest BCUT2D eigenvalue weighted by atomic mass is 9.69. The summed E-state index contributed by atoms with van der Waals surface area (Å²) in [6.45, 7) is 1.70. The van der Waals surface area contributed by atoms with Crippen molar-refractivity contribution < 1.29 is 9.59 Å². The molecular formula is C8H11NO2. The van der Waals surface area contributed by atoms with Gasteiger partial charge < -0.3 is 5.32 Å². The topological polar surface area (TPSA) is 46.2 Å². The minimum absolute atomic E-state index is 0.0341. The van der Waals surface area contributed by atoms with Crippen molar-refractivity contribution in [1.82, 2.24) is 5.32 Å². The first-order chi connectivity index (χ1) is 5.20. The van der Waals surface area contributed by atoms with Crippen molar-refractivity contribution in [3.05, 3.63) is 0 Å². The zero-order valence-corrected chi connectivity index (χ0v) is 6.35. The molecule has 2 fully saturated rings. The molecule has 0 unspecified atom stereocenters. The summed E-state index contributed by atoms with van der Waals surface area (Å²) < 4.78 is 0. The van der Waals surface area contributed by atoms with Gasteiger partial charge in [-0.25, -0.2) is 0 Å². The van der Waals surface area contributed by atoms with E-state index in [1.54, 1.807) is 0 Å². The predicted octanol–water partition coefficient (Wildman–Crippen LogP) is -0.102. The summed E-state index contributed by atoms with van der Waals surface area (Å²) in [7, 11) is 0. The van der Waals surface area contributed by atoms with Crippen LogP contribution in [0.2, 0.25) is 0 Å². The van der Waals surface area contributed by atoms with Gasteiger partial charge in [-0.05, 0) is 0 Å². The molecule has 11 heavy (non-hydrogen) atoms. The van der Waals surface area contributed by atoms with E-state index >= 15 is 0 Å². The molecule has 2 aliphatic rings. The van der Waals surface area contributed by atoms with Gasteiger partial charge in [-0.1, -0.05) is 0 Å². The summed E-state index contributed by atoms with van der Waals surface area (Å²) in [5.74, 6) is 0.255. The monoisotopic (exact) mass is 153 g/mol. The van der Waals surface area contributed by atoms with E-state index in [1.807, 2.05) is 0 Å². The molecule has 0 amide bonds. The van der Waals surface area contributed by atoms with Crippen molar-refractivity contribution in [3.8, 4) is 0 Å². The van der Waals surface area contributed by atoms with E-state index in [0.29, 0.717) is 12.8 Å². The molecule has 0 atom stereocenters. The number of Topliss-reactive ketones (excluding diaryl/α,β-unsaturated/α-hetero) is 2. The van der Waals surface area contributed by atoms with Crippen molar-refractivity contribution in [1.29, 1.82) is 0 Å². The first-order valence-corrected chi connectivity index (χ1v) is 3.94. The number of ketones is 2. The van der Waals surface area contributed by atoms with Gasteiger partial charge in [0.25, 0.3) is 0 Å².